The maximum absolute atomic E-state index is 9.87. The third kappa shape index (κ3) is 23.3. The number of nitrogens with one attached hydrogen (secondary N) is 3. The number of benzene rings is 4. The lowest BCUT2D eigenvalue weighted by molar-refractivity contribution is 0.0830. The average molecular weight is 1080 g/mol. The highest BCUT2D eigenvalue weighted by atomic mass is 35.5. The highest BCUT2D eigenvalue weighted by Gasteiger charge is 2.10. The molecule has 0 saturated carbocycles. The second kappa shape index (κ2) is 31.1. The molecule has 2 atom stereocenters. The van der Waals surface area contributed by atoms with Gasteiger partial charge in [0.2, 0.25) is 16.5 Å². The van der Waals surface area contributed by atoms with Crippen LogP contribution in [0.15, 0.2) is 128 Å². The molecule has 0 spiro atoms. The van der Waals surface area contributed by atoms with Crippen LogP contribution >= 0.6 is 82.0 Å². The minimum absolute atomic E-state index is 0. The summed E-state index contributed by atoms with van der Waals surface area (Å²) in [5.41, 5.74) is 8.83. The van der Waals surface area contributed by atoms with E-state index in [1.807, 2.05) is 123 Å². The monoisotopic (exact) mass is 1080 g/mol. The number of para-hydroxylation sites is 2. The molecule has 0 aliphatic heterocycles. The SMILES string of the molecule is CN(C)CC(O)COc1ccc(N)cc1.CN(C)CC(O)COc1ccc(Nc2ncc(Cl)c(Nc3ccccc3)n2)cc1.Cl.Clc1ncc(Cl)c(Cl)n1.Clc1ncc(Cl)c(Nc2ccccc2)n1. The molecule has 0 bridgehead atoms. The van der Waals surface area contributed by atoms with Gasteiger partial charge in [0.05, 0.1) is 23.6 Å². The van der Waals surface area contributed by atoms with Crippen molar-refractivity contribution in [3.63, 3.8) is 0 Å². The number of hydrogen-bond acceptors (Lipinski definition) is 16. The smallest absolute Gasteiger partial charge is 0.229 e. The summed E-state index contributed by atoms with van der Waals surface area (Å²) in [6, 6.07) is 33.7. The number of nitrogens with two attached hydrogens (primary N) is 1. The van der Waals surface area contributed by atoms with Crippen LogP contribution in [0.25, 0.3) is 0 Å². The van der Waals surface area contributed by atoms with Crippen molar-refractivity contribution in [1.29, 1.82) is 0 Å². The summed E-state index contributed by atoms with van der Waals surface area (Å²) < 4.78 is 11.0. The standard InChI is InChI=1S/C21H24ClN5O2.C11H18N2O2.C10H7Cl2N3.C4HCl3N2.ClH/c1-27(2)13-17(28)14-29-18-10-8-16(9-11-18)25-21-23-12-19(22)20(26-21)24-15-6-4-3-5-7-15;1-13(2)7-10(14)8-15-11-5-3-9(12)4-6-11;11-8-6-13-10(12)15-9(8)14-7-4-2-1-3-5-7;5-2-1-8-4(7)9-3(2)6;/h3-12,17,28H,13-14H2,1-2H3,(H2,23,24,25,26);3-6,10,14H,7-8,12H2,1-2H3;1-6H,(H,13,14,15);1H;1H. The van der Waals surface area contributed by atoms with Gasteiger partial charge in [-0.25, -0.2) is 19.9 Å². The van der Waals surface area contributed by atoms with Gasteiger partial charge < -0.3 is 51.2 Å². The van der Waals surface area contributed by atoms with Crippen LogP contribution in [0.5, 0.6) is 11.5 Å². The van der Waals surface area contributed by atoms with Crippen LogP contribution in [-0.2, 0) is 0 Å². The lowest BCUT2D eigenvalue weighted by atomic mass is 10.3. The van der Waals surface area contributed by atoms with E-state index in [9.17, 15) is 10.2 Å². The predicted octanol–water partition coefficient (Wildman–Crippen LogP) is 10.9. The van der Waals surface area contributed by atoms with E-state index < -0.39 is 12.2 Å². The van der Waals surface area contributed by atoms with Crippen LogP contribution in [-0.4, -0.2) is 117 Å². The first-order valence-corrected chi connectivity index (χ1v) is 22.6. The molecule has 69 heavy (non-hydrogen) atoms. The van der Waals surface area contributed by atoms with Gasteiger partial charge in [-0.15, -0.1) is 12.4 Å². The Kier molecular flexibility index (Phi) is 26.2. The number of ether oxygens (including phenoxy) is 2. The zero-order chi connectivity index (χ0) is 49.4. The molecule has 0 aliphatic carbocycles. The van der Waals surface area contributed by atoms with Crippen molar-refractivity contribution < 1.29 is 19.7 Å². The number of rotatable bonds is 16. The zero-order valence-corrected chi connectivity index (χ0v) is 43.0. The zero-order valence-electron chi connectivity index (χ0n) is 37.6. The van der Waals surface area contributed by atoms with Gasteiger partial charge in [-0.3, -0.25) is 0 Å². The molecular formula is C46H51Cl7N12O4. The first-order valence-electron chi connectivity index (χ1n) is 20.3. The molecule has 7 N–H and O–H groups in total. The van der Waals surface area contributed by atoms with E-state index in [1.54, 1.807) is 30.5 Å². The summed E-state index contributed by atoms with van der Waals surface area (Å²) in [6.07, 6.45) is 3.34. The Morgan fingerprint density at radius 2 is 0.928 bits per heavy atom. The molecule has 0 fully saturated rings. The molecule has 2 unspecified atom stereocenters. The van der Waals surface area contributed by atoms with Crippen LogP contribution in [0.4, 0.5) is 40.3 Å². The van der Waals surface area contributed by atoms with E-state index in [-0.39, 0.29) is 34.7 Å². The van der Waals surface area contributed by atoms with Crippen molar-refractivity contribution >= 4 is 122 Å². The topological polar surface area (TPSA) is 205 Å². The maximum Gasteiger partial charge on any atom is 0.229 e. The Labute approximate surface area is 437 Å². The molecule has 7 rings (SSSR count). The van der Waals surface area contributed by atoms with Crippen LogP contribution in [0.1, 0.15) is 0 Å². The number of anilines is 7. The van der Waals surface area contributed by atoms with Crippen molar-refractivity contribution in [3.05, 3.63) is 159 Å². The molecule has 0 radical (unpaired) electrons. The van der Waals surface area contributed by atoms with Crippen molar-refractivity contribution in [1.82, 2.24) is 39.7 Å². The minimum Gasteiger partial charge on any atom is -0.491 e. The summed E-state index contributed by atoms with van der Waals surface area (Å²) in [5, 5.41) is 30.4. The lowest BCUT2D eigenvalue weighted by Crippen LogP contribution is -2.30. The van der Waals surface area contributed by atoms with E-state index >= 15 is 0 Å². The fourth-order valence-electron chi connectivity index (χ4n) is 5.25. The predicted molar refractivity (Wildman–Crippen MR) is 284 cm³/mol. The van der Waals surface area contributed by atoms with Crippen LogP contribution in [0.2, 0.25) is 30.8 Å². The molecule has 3 heterocycles. The fourth-order valence-corrected chi connectivity index (χ4v) is 6.06. The van der Waals surface area contributed by atoms with E-state index in [4.69, 9.17) is 84.8 Å². The first kappa shape index (κ1) is 58.1. The molecule has 16 nitrogen and oxygen atoms in total. The number of aliphatic hydroxyl groups is 2. The van der Waals surface area contributed by atoms with Gasteiger partial charge in [-0.1, -0.05) is 82.8 Å². The minimum atomic E-state index is -0.541. The van der Waals surface area contributed by atoms with Gasteiger partial charge >= 0.3 is 0 Å². The molecule has 23 heteroatoms. The Hall–Kier alpha value is -5.21. The molecule has 4 aromatic carbocycles. The van der Waals surface area contributed by atoms with Gasteiger partial charge in [-0.05, 0) is 124 Å². The second-order valence-electron chi connectivity index (χ2n) is 14.7. The first-order chi connectivity index (χ1) is 32.5. The Morgan fingerprint density at radius 3 is 1.38 bits per heavy atom. The second-order valence-corrected chi connectivity index (χ2v) is 16.9. The largest absolute Gasteiger partial charge is 0.491 e. The average Bonchev–Trinajstić information content (AvgIpc) is 3.30. The van der Waals surface area contributed by atoms with Crippen LogP contribution < -0.4 is 31.2 Å². The van der Waals surface area contributed by atoms with Crippen LogP contribution in [0, 0.1) is 0 Å². The van der Waals surface area contributed by atoms with Crippen molar-refractivity contribution in [2.75, 3.05) is 76.2 Å². The summed E-state index contributed by atoms with van der Waals surface area (Å²) in [4.78, 5) is 27.4. The molecule has 3 aromatic heterocycles. The highest BCUT2D eigenvalue weighted by Crippen LogP contribution is 2.26. The maximum atomic E-state index is 9.87. The van der Waals surface area contributed by atoms with Gasteiger partial charge in [-0.2, -0.15) is 9.97 Å². The number of likely N-dealkylation sites (N-methyl/N-ethyl adjacent to an activating group) is 2. The quantitative estimate of drug-likeness (QED) is 0.0302. The van der Waals surface area contributed by atoms with E-state index in [2.05, 4.69) is 45.9 Å². The van der Waals surface area contributed by atoms with Gasteiger partial charge in [0.25, 0.3) is 0 Å². The number of aromatic nitrogens is 6. The highest BCUT2D eigenvalue weighted by molar-refractivity contribution is 6.41. The van der Waals surface area contributed by atoms with Gasteiger partial charge in [0.15, 0.2) is 16.8 Å². The summed E-state index contributed by atoms with van der Waals surface area (Å²) in [7, 11) is 7.63. The van der Waals surface area contributed by atoms with Crippen molar-refractivity contribution in [2.45, 2.75) is 12.2 Å². The summed E-state index contributed by atoms with van der Waals surface area (Å²) in [6.45, 7) is 1.67. The van der Waals surface area contributed by atoms with E-state index in [1.165, 1.54) is 12.4 Å². The lowest BCUT2D eigenvalue weighted by Gasteiger charge is -2.16. The van der Waals surface area contributed by atoms with E-state index in [0.717, 1.165) is 22.8 Å². The molecule has 0 saturated heterocycles. The molecule has 368 valence electrons. The number of nitrogen functional groups attached to an aromatic ring is 1. The van der Waals surface area contributed by atoms with Gasteiger partial charge in [0.1, 0.15) is 47.0 Å². The third-order valence-electron chi connectivity index (χ3n) is 8.23. The molecular weight excluding hydrogens is 1030 g/mol. The Balaban J connectivity index is 0.000000266. The summed E-state index contributed by atoms with van der Waals surface area (Å²) in [5.74, 6) is 2.84. The van der Waals surface area contributed by atoms with Crippen LogP contribution in [0.3, 0.4) is 0 Å². The molecule has 7 aromatic rings. The number of hydrogen-bond donors (Lipinski definition) is 6. The number of nitrogens with zero attached hydrogens (tertiary/aromatic N) is 8. The van der Waals surface area contributed by atoms with Crippen molar-refractivity contribution in [3.8, 4) is 11.5 Å². The number of halogens is 7. The molecule has 0 aliphatic rings. The Bertz CT molecular complexity index is 2550. The molecule has 0 amide bonds. The van der Waals surface area contributed by atoms with Crippen molar-refractivity contribution in [2.24, 2.45) is 0 Å². The van der Waals surface area contributed by atoms with E-state index in [0.29, 0.717) is 63.8 Å². The number of aliphatic hydroxyl groups excluding tert-OH is 2. The Morgan fingerprint density at radius 1 is 0.522 bits per heavy atom. The summed E-state index contributed by atoms with van der Waals surface area (Å²) >= 11 is 34.0. The normalized spacial score (nSPS) is 11.2. The fraction of sp³-hybridized carbons (Fsp3) is 0.217. The third-order valence-corrected chi connectivity index (χ3v) is 9.81. The van der Waals surface area contributed by atoms with Gasteiger partial charge in [0, 0.05) is 35.8 Å².